The number of furan rings is 1. The molecule has 0 bridgehead atoms. The molecule has 150 valence electrons. The number of rotatable bonds is 4. The number of likely N-dealkylation sites (tertiary alicyclic amines) is 2. The van der Waals surface area contributed by atoms with Crippen LogP contribution in [0, 0.1) is 12.3 Å². The highest BCUT2D eigenvalue weighted by atomic mass is 16.5. The standard InChI is InChI=1S/C22H28N2O4/c1-16-5-3-6-17-13-18(28-20(16)17)21(26)24-10-4-8-22(15-24)9-7-19(25)23(14-22)11-12-27-2/h3,5-6,13H,4,7-12,14-15H2,1-2H3/t22-/m1/s1. The van der Waals surface area contributed by atoms with Gasteiger partial charge in [0.1, 0.15) is 5.58 Å². The van der Waals surface area contributed by atoms with Gasteiger partial charge in [-0.15, -0.1) is 0 Å². The van der Waals surface area contributed by atoms with E-state index in [9.17, 15) is 9.59 Å². The van der Waals surface area contributed by atoms with Gasteiger partial charge in [-0.05, 0) is 37.8 Å². The van der Waals surface area contributed by atoms with Crippen LogP contribution in [0.1, 0.15) is 41.8 Å². The Kier molecular flexibility index (Phi) is 5.15. The molecule has 1 spiro atoms. The van der Waals surface area contributed by atoms with Gasteiger partial charge in [0.2, 0.25) is 5.91 Å². The van der Waals surface area contributed by atoms with E-state index in [1.165, 1.54) is 0 Å². The average Bonchev–Trinajstić information content (AvgIpc) is 3.14. The predicted molar refractivity (Wildman–Crippen MR) is 106 cm³/mol. The number of fused-ring (bicyclic) bond motifs is 1. The Balaban J connectivity index is 1.51. The first-order chi connectivity index (χ1) is 13.5. The lowest BCUT2D eigenvalue weighted by Gasteiger charge is -2.48. The first-order valence-electron chi connectivity index (χ1n) is 10.1. The molecule has 2 amide bonds. The Bertz CT molecular complexity index is 890. The minimum atomic E-state index is -0.0463. The van der Waals surface area contributed by atoms with Crippen LogP contribution < -0.4 is 0 Å². The van der Waals surface area contributed by atoms with Crippen molar-refractivity contribution < 1.29 is 18.7 Å². The van der Waals surface area contributed by atoms with Gasteiger partial charge in [-0.25, -0.2) is 0 Å². The molecule has 2 aromatic rings. The van der Waals surface area contributed by atoms with Crippen molar-refractivity contribution in [2.75, 3.05) is 39.9 Å². The van der Waals surface area contributed by atoms with E-state index in [1.54, 1.807) is 7.11 Å². The SMILES string of the molecule is COCCN1C[C@@]2(CCCN(C(=O)c3cc4cccc(C)c4o3)C2)CCC1=O. The zero-order chi connectivity index (χ0) is 19.7. The first kappa shape index (κ1) is 19.0. The van der Waals surface area contributed by atoms with Gasteiger partial charge in [-0.1, -0.05) is 18.2 Å². The van der Waals surface area contributed by atoms with Gasteiger partial charge in [-0.3, -0.25) is 9.59 Å². The number of methoxy groups -OCH3 is 1. The molecular weight excluding hydrogens is 356 g/mol. The van der Waals surface area contributed by atoms with Crippen molar-refractivity contribution in [2.45, 2.75) is 32.6 Å². The van der Waals surface area contributed by atoms with E-state index in [0.717, 1.165) is 42.3 Å². The molecule has 1 aromatic heterocycles. The topological polar surface area (TPSA) is 63.0 Å². The number of carbonyl (C=O) groups excluding carboxylic acids is 2. The maximum Gasteiger partial charge on any atom is 0.289 e. The number of hydrogen-bond donors (Lipinski definition) is 0. The Hall–Kier alpha value is -2.34. The van der Waals surface area contributed by atoms with Gasteiger partial charge >= 0.3 is 0 Å². The second-order valence-electron chi connectivity index (χ2n) is 8.24. The van der Waals surface area contributed by atoms with E-state index >= 15 is 0 Å². The molecule has 2 aliphatic heterocycles. The third kappa shape index (κ3) is 3.53. The summed E-state index contributed by atoms with van der Waals surface area (Å²) < 4.78 is 11.1. The highest BCUT2D eigenvalue weighted by molar-refractivity contribution is 5.96. The van der Waals surface area contributed by atoms with Gasteiger partial charge in [0.15, 0.2) is 5.76 Å². The van der Waals surface area contributed by atoms with Crippen LogP contribution in [0.2, 0.25) is 0 Å². The molecule has 6 heteroatoms. The smallest absolute Gasteiger partial charge is 0.289 e. The van der Waals surface area contributed by atoms with Crippen LogP contribution >= 0.6 is 0 Å². The summed E-state index contributed by atoms with van der Waals surface area (Å²) in [4.78, 5) is 29.3. The molecule has 2 aliphatic rings. The Morgan fingerprint density at radius 3 is 2.93 bits per heavy atom. The summed E-state index contributed by atoms with van der Waals surface area (Å²) in [5.41, 5.74) is 1.80. The molecule has 1 atom stereocenters. The van der Waals surface area contributed by atoms with Gasteiger partial charge in [0.25, 0.3) is 5.91 Å². The Morgan fingerprint density at radius 2 is 2.14 bits per heavy atom. The molecule has 0 N–H and O–H groups in total. The lowest BCUT2D eigenvalue weighted by Crippen LogP contribution is -2.55. The second-order valence-corrected chi connectivity index (χ2v) is 8.24. The quantitative estimate of drug-likeness (QED) is 0.812. The summed E-state index contributed by atoms with van der Waals surface area (Å²) in [6, 6.07) is 7.79. The summed E-state index contributed by atoms with van der Waals surface area (Å²) in [6.45, 7) is 5.28. The number of carbonyl (C=O) groups is 2. The number of aryl methyl sites for hydroxylation is 1. The van der Waals surface area contributed by atoms with Crippen molar-refractivity contribution in [1.29, 1.82) is 0 Å². The van der Waals surface area contributed by atoms with E-state index in [4.69, 9.17) is 9.15 Å². The lowest BCUT2D eigenvalue weighted by atomic mass is 9.73. The molecule has 0 aliphatic carbocycles. The zero-order valence-corrected chi connectivity index (χ0v) is 16.7. The van der Waals surface area contributed by atoms with Crippen LogP contribution in [-0.2, 0) is 9.53 Å². The normalized spacial score (nSPS) is 23.0. The van der Waals surface area contributed by atoms with E-state index in [0.29, 0.717) is 38.4 Å². The number of nitrogens with zero attached hydrogens (tertiary/aromatic N) is 2. The van der Waals surface area contributed by atoms with E-state index in [-0.39, 0.29) is 17.2 Å². The monoisotopic (exact) mass is 384 g/mol. The van der Waals surface area contributed by atoms with E-state index < -0.39 is 0 Å². The van der Waals surface area contributed by atoms with Crippen molar-refractivity contribution in [1.82, 2.24) is 9.80 Å². The van der Waals surface area contributed by atoms with Crippen LogP contribution in [0.3, 0.4) is 0 Å². The van der Waals surface area contributed by atoms with Gasteiger partial charge < -0.3 is 19.0 Å². The maximum atomic E-state index is 13.2. The molecule has 2 fully saturated rings. The first-order valence-corrected chi connectivity index (χ1v) is 10.1. The molecule has 2 saturated heterocycles. The molecule has 1 aromatic carbocycles. The fourth-order valence-corrected chi connectivity index (χ4v) is 4.69. The molecule has 0 unspecified atom stereocenters. The van der Waals surface area contributed by atoms with Gasteiger partial charge in [0.05, 0.1) is 6.61 Å². The zero-order valence-electron chi connectivity index (χ0n) is 16.7. The summed E-state index contributed by atoms with van der Waals surface area (Å²) in [5, 5.41) is 0.962. The number of hydrogen-bond acceptors (Lipinski definition) is 4. The second kappa shape index (κ2) is 7.59. The van der Waals surface area contributed by atoms with E-state index in [1.807, 2.05) is 41.0 Å². The van der Waals surface area contributed by atoms with Crippen LogP contribution in [0.25, 0.3) is 11.0 Å². The van der Waals surface area contributed by atoms with Gasteiger partial charge in [-0.2, -0.15) is 0 Å². The van der Waals surface area contributed by atoms with Crippen LogP contribution in [0.5, 0.6) is 0 Å². The molecule has 6 nitrogen and oxygen atoms in total. The number of piperidine rings is 2. The fraction of sp³-hybridized carbons (Fsp3) is 0.545. The van der Waals surface area contributed by atoms with Crippen molar-refractivity contribution in [3.63, 3.8) is 0 Å². The Morgan fingerprint density at radius 1 is 1.29 bits per heavy atom. The van der Waals surface area contributed by atoms with Crippen LogP contribution in [0.4, 0.5) is 0 Å². The highest BCUT2D eigenvalue weighted by Crippen LogP contribution is 2.39. The minimum Gasteiger partial charge on any atom is -0.451 e. The molecule has 0 saturated carbocycles. The number of benzene rings is 1. The summed E-state index contributed by atoms with van der Waals surface area (Å²) in [6.07, 6.45) is 3.40. The van der Waals surface area contributed by atoms with Crippen molar-refractivity contribution in [2.24, 2.45) is 5.41 Å². The minimum absolute atomic E-state index is 0.0164. The van der Waals surface area contributed by atoms with Crippen LogP contribution in [-0.4, -0.2) is 61.5 Å². The highest BCUT2D eigenvalue weighted by Gasteiger charge is 2.43. The largest absolute Gasteiger partial charge is 0.451 e. The van der Waals surface area contributed by atoms with E-state index in [2.05, 4.69) is 0 Å². The summed E-state index contributed by atoms with van der Waals surface area (Å²) in [7, 11) is 1.65. The van der Waals surface area contributed by atoms with Crippen LogP contribution in [0.15, 0.2) is 28.7 Å². The Labute approximate surface area is 165 Å². The van der Waals surface area contributed by atoms with Gasteiger partial charge in [0, 0.05) is 50.5 Å². The number of para-hydroxylation sites is 1. The van der Waals surface area contributed by atoms with Crippen molar-refractivity contribution in [3.8, 4) is 0 Å². The third-order valence-corrected chi connectivity index (χ3v) is 6.21. The third-order valence-electron chi connectivity index (χ3n) is 6.21. The predicted octanol–water partition coefficient (Wildman–Crippen LogP) is 3.23. The maximum absolute atomic E-state index is 13.2. The average molecular weight is 384 g/mol. The summed E-state index contributed by atoms with van der Waals surface area (Å²) in [5.74, 6) is 0.554. The van der Waals surface area contributed by atoms with Crippen molar-refractivity contribution >= 4 is 22.8 Å². The number of amides is 2. The molecule has 28 heavy (non-hydrogen) atoms. The fourth-order valence-electron chi connectivity index (χ4n) is 4.69. The molecule has 0 radical (unpaired) electrons. The molecular formula is C22H28N2O4. The summed E-state index contributed by atoms with van der Waals surface area (Å²) >= 11 is 0. The lowest BCUT2D eigenvalue weighted by molar-refractivity contribution is -0.139. The molecule has 3 heterocycles. The van der Waals surface area contributed by atoms with Crippen molar-refractivity contribution in [3.05, 3.63) is 35.6 Å². The molecule has 4 rings (SSSR count). The number of ether oxygens (including phenoxy) is 1.